The van der Waals surface area contributed by atoms with Crippen LogP contribution in [0.5, 0.6) is 0 Å². The van der Waals surface area contributed by atoms with Crippen LogP contribution >= 0.6 is 0 Å². The molecular formula is C16H15F2N3O4. The van der Waals surface area contributed by atoms with E-state index in [1.807, 2.05) is 0 Å². The molecule has 9 heteroatoms. The van der Waals surface area contributed by atoms with E-state index < -0.39 is 29.7 Å². The van der Waals surface area contributed by atoms with Gasteiger partial charge in [-0.05, 0) is 6.08 Å². The zero-order valence-electron chi connectivity index (χ0n) is 13.3. The van der Waals surface area contributed by atoms with Crippen LogP contribution in [0.4, 0.5) is 25.0 Å². The van der Waals surface area contributed by atoms with Gasteiger partial charge in [-0.2, -0.15) is 0 Å². The summed E-state index contributed by atoms with van der Waals surface area (Å²) in [7, 11) is 1.39. The second-order valence-corrected chi connectivity index (χ2v) is 5.58. The van der Waals surface area contributed by atoms with Crippen LogP contribution in [0.1, 0.15) is 6.42 Å². The molecule has 2 amide bonds. The topological polar surface area (TPSA) is 79.0 Å². The summed E-state index contributed by atoms with van der Waals surface area (Å²) in [4.78, 5) is 36.9. The molecule has 2 aliphatic heterocycles. The molecule has 1 saturated heterocycles. The number of likely N-dealkylation sites (N-methyl/N-ethyl adjacent to an activating group) is 1. The fourth-order valence-electron chi connectivity index (χ4n) is 2.70. The third kappa shape index (κ3) is 3.17. The van der Waals surface area contributed by atoms with Crippen LogP contribution in [0.25, 0.3) is 0 Å². The number of hydrogen-bond acceptors (Lipinski definition) is 5. The van der Waals surface area contributed by atoms with Crippen molar-refractivity contribution in [1.82, 2.24) is 5.32 Å². The molecule has 7 nitrogen and oxygen atoms in total. The highest BCUT2D eigenvalue weighted by Crippen LogP contribution is 2.32. The van der Waals surface area contributed by atoms with Crippen molar-refractivity contribution < 1.29 is 27.9 Å². The molecule has 25 heavy (non-hydrogen) atoms. The molecule has 0 radical (unpaired) electrons. The van der Waals surface area contributed by atoms with E-state index in [4.69, 9.17) is 4.74 Å². The van der Waals surface area contributed by atoms with Gasteiger partial charge in [0.1, 0.15) is 5.69 Å². The van der Waals surface area contributed by atoms with Crippen molar-refractivity contribution in [2.24, 2.45) is 0 Å². The number of benzene rings is 1. The first-order chi connectivity index (χ1) is 11.9. The van der Waals surface area contributed by atoms with Gasteiger partial charge in [-0.3, -0.25) is 14.5 Å². The van der Waals surface area contributed by atoms with E-state index in [0.717, 1.165) is 17.0 Å². The molecule has 0 saturated carbocycles. The number of ether oxygens (including phenoxy) is 1. The molecule has 132 valence electrons. The Morgan fingerprint density at radius 2 is 1.96 bits per heavy atom. The largest absolute Gasteiger partial charge is 0.434 e. The van der Waals surface area contributed by atoms with E-state index in [0.29, 0.717) is 0 Å². The predicted octanol–water partition coefficient (Wildman–Crippen LogP) is 1.33. The summed E-state index contributed by atoms with van der Waals surface area (Å²) in [6, 6.07) is 1.99. The predicted molar refractivity (Wildman–Crippen MR) is 84.1 cm³/mol. The number of anilines is 2. The number of nitrogens with zero attached hydrogens (tertiary/aromatic N) is 2. The Kier molecular flexibility index (Phi) is 4.39. The lowest BCUT2D eigenvalue weighted by Gasteiger charge is -2.25. The molecule has 1 fully saturated rings. The van der Waals surface area contributed by atoms with E-state index in [2.05, 4.69) is 5.32 Å². The first kappa shape index (κ1) is 16.9. The van der Waals surface area contributed by atoms with Crippen LogP contribution in [0.3, 0.4) is 0 Å². The van der Waals surface area contributed by atoms with E-state index in [1.165, 1.54) is 24.2 Å². The number of halogens is 2. The minimum Gasteiger partial charge on any atom is -0.434 e. The average Bonchev–Trinajstić information content (AvgIpc) is 2.97. The highest BCUT2D eigenvalue weighted by Gasteiger charge is 2.37. The van der Waals surface area contributed by atoms with Gasteiger partial charge in [-0.25, -0.2) is 13.6 Å². The lowest BCUT2D eigenvalue weighted by atomic mass is 10.1. The molecule has 2 heterocycles. The Balaban J connectivity index is 1.88. The van der Waals surface area contributed by atoms with E-state index in [1.54, 1.807) is 0 Å². The van der Waals surface area contributed by atoms with E-state index in [9.17, 15) is 23.2 Å². The highest BCUT2D eigenvalue weighted by molar-refractivity contribution is 5.96. The van der Waals surface area contributed by atoms with Crippen LogP contribution in [0, 0.1) is 11.6 Å². The van der Waals surface area contributed by atoms with Crippen LogP contribution < -0.4 is 15.1 Å². The molecule has 1 aromatic carbocycles. The average molecular weight is 351 g/mol. The van der Waals surface area contributed by atoms with Crippen molar-refractivity contribution in [1.29, 1.82) is 0 Å². The summed E-state index contributed by atoms with van der Waals surface area (Å²) in [5.74, 6) is -2.39. The number of rotatable bonds is 3. The summed E-state index contributed by atoms with van der Waals surface area (Å²) in [5.41, 5.74) is -0.352. The van der Waals surface area contributed by atoms with E-state index >= 15 is 0 Å². The fourth-order valence-corrected chi connectivity index (χ4v) is 2.70. The van der Waals surface area contributed by atoms with Gasteiger partial charge in [0.05, 0.1) is 12.2 Å². The van der Waals surface area contributed by atoms with Gasteiger partial charge >= 0.3 is 6.09 Å². The normalized spacial score (nSPS) is 20.0. The first-order valence-electron chi connectivity index (χ1n) is 7.57. The van der Waals surface area contributed by atoms with Crippen molar-refractivity contribution in [2.45, 2.75) is 12.5 Å². The number of carbonyl (C=O) groups excluding carboxylic acids is 3. The number of carbonyl (C=O) groups is 3. The minimum absolute atomic E-state index is 0.0489. The van der Waals surface area contributed by atoms with Crippen molar-refractivity contribution in [3.63, 3.8) is 0 Å². The lowest BCUT2D eigenvalue weighted by Crippen LogP contribution is -2.35. The zero-order valence-corrected chi connectivity index (χ0v) is 13.3. The van der Waals surface area contributed by atoms with Gasteiger partial charge in [0.15, 0.2) is 23.5 Å². The zero-order chi connectivity index (χ0) is 18.1. The van der Waals surface area contributed by atoms with Gasteiger partial charge in [0.2, 0.25) is 0 Å². The lowest BCUT2D eigenvalue weighted by molar-refractivity contribution is -0.127. The Labute approximate surface area is 141 Å². The number of nitrogens with one attached hydrogen (secondary N) is 1. The molecule has 2 aliphatic rings. The second-order valence-electron chi connectivity index (χ2n) is 5.58. The Hall–Kier alpha value is -2.97. The van der Waals surface area contributed by atoms with Gasteiger partial charge in [-0.1, -0.05) is 0 Å². The van der Waals surface area contributed by atoms with Crippen molar-refractivity contribution in [2.75, 3.05) is 29.9 Å². The Morgan fingerprint density at radius 3 is 2.52 bits per heavy atom. The maximum Gasteiger partial charge on any atom is 0.415 e. The summed E-state index contributed by atoms with van der Waals surface area (Å²) in [5, 5.41) is 2.35. The Bertz CT molecular complexity index is 758. The summed E-state index contributed by atoms with van der Waals surface area (Å²) in [6.45, 7) is 0.0157. The van der Waals surface area contributed by atoms with Crippen LogP contribution in [0.15, 0.2) is 24.4 Å². The van der Waals surface area contributed by atoms with Crippen molar-refractivity contribution in [3.8, 4) is 0 Å². The summed E-state index contributed by atoms with van der Waals surface area (Å²) < 4.78 is 33.8. The first-order valence-corrected chi connectivity index (χ1v) is 7.57. The van der Waals surface area contributed by atoms with Gasteiger partial charge in [0, 0.05) is 38.3 Å². The summed E-state index contributed by atoms with van der Waals surface area (Å²) in [6.07, 6.45) is 0.826. The van der Waals surface area contributed by atoms with Gasteiger partial charge in [0.25, 0.3) is 5.91 Å². The molecule has 1 N–H and O–H groups in total. The maximum atomic E-state index is 14.4. The molecule has 0 bridgehead atoms. The van der Waals surface area contributed by atoms with Gasteiger partial charge in [-0.15, -0.1) is 0 Å². The number of amides is 2. The van der Waals surface area contributed by atoms with Crippen molar-refractivity contribution >= 4 is 29.2 Å². The quantitative estimate of drug-likeness (QED) is 0.889. The Morgan fingerprint density at radius 1 is 1.28 bits per heavy atom. The third-order valence-electron chi connectivity index (χ3n) is 3.99. The third-order valence-corrected chi connectivity index (χ3v) is 3.99. The number of cyclic esters (lactones) is 1. The van der Waals surface area contributed by atoms with Crippen LogP contribution in [-0.2, 0) is 14.3 Å². The standard InChI is InChI=1S/C16H15F2N3O4/c1-19-15(23)13-8-21(16(24)25-13)9-6-11(17)14(12(18)7-9)20-4-2-10(22)3-5-20/h2,4,6-7,13H,3,5,8H2,1H3,(H,19,23)/t13-/m1/s1. The molecule has 0 aromatic heterocycles. The maximum absolute atomic E-state index is 14.4. The number of ketones is 1. The molecule has 1 atom stereocenters. The molecule has 1 aromatic rings. The fraction of sp³-hybridized carbons (Fsp3) is 0.312. The SMILES string of the molecule is CNC(=O)[C@H]1CN(c2cc(F)c(N3C=CC(=O)CC3)c(F)c2)C(=O)O1. The molecule has 0 spiro atoms. The van der Waals surface area contributed by atoms with Gasteiger partial charge < -0.3 is 15.0 Å². The second kappa shape index (κ2) is 6.50. The molecular weight excluding hydrogens is 336 g/mol. The minimum atomic E-state index is -1.04. The van der Waals surface area contributed by atoms with E-state index in [-0.39, 0.29) is 36.7 Å². The highest BCUT2D eigenvalue weighted by atomic mass is 19.1. The molecule has 0 unspecified atom stereocenters. The van der Waals surface area contributed by atoms with Crippen molar-refractivity contribution in [3.05, 3.63) is 36.0 Å². The molecule has 0 aliphatic carbocycles. The monoisotopic (exact) mass is 351 g/mol. The number of allylic oxidation sites excluding steroid dienone is 1. The van der Waals surface area contributed by atoms with Crippen LogP contribution in [0.2, 0.25) is 0 Å². The molecule has 3 rings (SSSR count). The number of hydrogen-bond donors (Lipinski definition) is 1. The smallest absolute Gasteiger partial charge is 0.415 e. The summed E-state index contributed by atoms with van der Waals surface area (Å²) >= 11 is 0. The van der Waals surface area contributed by atoms with Crippen LogP contribution in [-0.4, -0.2) is 44.0 Å².